The summed E-state index contributed by atoms with van der Waals surface area (Å²) in [5.74, 6) is -1.53. The average molecular weight is 473 g/mol. The lowest BCUT2D eigenvalue weighted by molar-refractivity contribution is -0.140. The zero-order chi connectivity index (χ0) is 21.8. The van der Waals surface area contributed by atoms with Gasteiger partial charge in [-0.25, -0.2) is 0 Å². The topological polar surface area (TPSA) is 79.7 Å². The van der Waals surface area contributed by atoms with Gasteiger partial charge in [0.2, 0.25) is 0 Å². The molecule has 1 fully saturated rings. The lowest BCUT2D eigenvalue weighted by atomic mass is 9.97. The molecule has 1 aromatic heterocycles. The second-order valence-corrected chi connectivity index (χ2v) is 8.34. The zero-order valence-electron chi connectivity index (χ0n) is 17.3. The van der Waals surface area contributed by atoms with Gasteiger partial charge in [-0.15, -0.1) is 0 Å². The quantitative estimate of drug-likeness (QED) is 0.279. The van der Waals surface area contributed by atoms with Crippen molar-refractivity contribution in [1.29, 1.82) is 0 Å². The highest BCUT2D eigenvalue weighted by Gasteiger charge is 2.46. The summed E-state index contributed by atoms with van der Waals surface area (Å²) in [5.41, 5.74) is 1.99. The van der Waals surface area contributed by atoms with Crippen LogP contribution in [0.2, 0.25) is 0 Å². The molecular formula is C23H25BrN2O4. The molecule has 1 saturated heterocycles. The third-order valence-corrected chi connectivity index (χ3v) is 5.82. The Morgan fingerprint density at radius 1 is 1.27 bits per heavy atom. The number of nitrogens with zero attached hydrogens (tertiary/aromatic N) is 2. The number of halogens is 1. The van der Waals surface area contributed by atoms with Gasteiger partial charge in [-0.2, -0.15) is 0 Å². The Hall–Kier alpha value is -2.51. The van der Waals surface area contributed by atoms with E-state index in [1.807, 2.05) is 20.8 Å². The standard InChI is InChI=1S/C23H25BrN2O4/c1-14(2)30-12-6-11-26-20(18-7-4-5-10-25-18)19(22(28)23(26)29)21(27)16-8-9-17(24)15(3)13-16/h4-5,7-10,13-14,20,27H,6,11-12H2,1-3H3/b21-19-. The first-order valence-corrected chi connectivity index (χ1v) is 10.7. The monoisotopic (exact) mass is 472 g/mol. The molecule has 2 heterocycles. The molecule has 0 radical (unpaired) electrons. The Kier molecular flexibility index (Phi) is 7.05. The number of aliphatic hydroxyl groups is 1. The number of ether oxygens (including phenoxy) is 1. The highest BCUT2D eigenvalue weighted by molar-refractivity contribution is 9.10. The van der Waals surface area contributed by atoms with Crippen molar-refractivity contribution in [3.63, 3.8) is 0 Å². The maximum absolute atomic E-state index is 12.9. The van der Waals surface area contributed by atoms with Crippen molar-refractivity contribution in [3.05, 3.63) is 69.5 Å². The number of aliphatic hydroxyl groups excluding tert-OH is 1. The van der Waals surface area contributed by atoms with E-state index in [0.717, 1.165) is 10.0 Å². The molecule has 30 heavy (non-hydrogen) atoms. The molecule has 0 aliphatic carbocycles. The zero-order valence-corrected chi connectivity index (χ0v) is 18.8. The number of Topliss-reactive ketones (excluding diaryl/α,β-unsaturated/α-hetero) is 1. The lowest BCUT2D eigenvalue weighted by Gasteiger charge is -2.24. The van der Waals surface area contributed by atoms with Gasteiger partial charge in [-0.1, -0.05) is 28.1 Å². The summed E-state index contributed by atoms with van der Waals surface area (Å²) >= 11 is 3.44. The van der Waals surface area contributed by atoms with Gasteiger partial charge >= 0.3 is 0 Å². The number of aryl methyl sites for hydroxylation is 1. The Balaban J connectivity index is 2.02. The first kappa shape index (κ1) is 22.2. The molecule has 0 saturated carbocycles. The fourth-order valence-electron chi connectivity index (χ4n) is 3.46. The fraction of sp³-hybridized carbons (Fsp3) is 0.348. The van der Waals surface area contributed by atoms with E-state index in [2.05, 4.69) is 20.9 Å². The minimum Gasteiger partial charge on any atom is -0.507 e. The van der Waals surface area contributed by atoms with Crippen LogP contribution in [0.25, 0.3) is 5.76 Å². The van der Waals surface area contributed by atoms with Gasteiger partial charge in [-0.05, 0) is 57.0 Å². The van der Waals surface area contributed by atoms with Crippen LogP contribution in [0, 0.1) is 6.92 Å². The molecule has 1 aromatic carbocycles. The van der Waals surface area contributed by atoms with Crippen LogP contribution < -0.4 is 0 Å². The number of aromatic nitrogens is 1. The smallest absolute Gasteiger partial charge is 0.295 e. The number of amides is 1. The van der Waals surface area contributed by atoms with E-state index >= 15 is 0 Å². The number of carbonyl (C=O) groups excluding carboxylic acids is 2. The molecule has 1 aliphatic rings. The van der Waals surface area contributed by atoms with Crippen LogP contribution in [-0.2, 0) is 14.3 Å². The summed E-state index contributed by atoms with van der Waals surface area (Å²) in [6.45, 7) is 6.58. The highest BCUT2D eigenvalue weighted by Crippen LogP contribution is 2.39. The number of likely N-dealkylation sites (tertiary alicyclic amines) is 1. The number of benzene rings is 1. The Morgan fingerprint density at radius 3 is 2.67 bits per heavy atom. The molecule has 2 aromatic rings. The van der Waals surface area contributed by atoms with Gasteiger partial charge < -0.3 is 14.7 Å². The predicted octanol–water partition coefficient (Wildman–Crippen LogP) is 4.39. The molecule has 1 unspecified atom stereocenters. The van der Waals surface area contributed by atoms with E-state index < -0.39 is 17.7 Å². The molecule has 158 valence electrons. The van der Waals surface area contributed by atoms with Gasteiger partial charge in [0.1, 0.15) is 11.8 Å². The Morgan fingerprint density at radius 2 is 2.03 bits per heavy atom. The van der Waals surface area contributed by atoms with Crippen molar-refractivity contribution < 1.29 is 19.4 Å². The maximum atomic E-state index is 12.9. The summed E-state index contributed by atoms with van der Waals surface area (Å²) in [4.78, 5) is 31.6. The average Bonchev–Trinajstić information content (AvgIpc) is 2.98. The predicted molar refractivity (Wildman–Crippen MR) is 118 cm³/mol. The minimum atomic E-state index is -0.741. The van der Waals surface area contributed by atoms with Crippen molar-refractivity contribution in [2.24, 2.45) is 0 Å². The Bertz CT molecular complexity index is 972. The largest absolute Gasteiger partial charge is 0.507 e. The number of pyridine rings is 1. The van der Waals surface area contributed by atoms with E-state index in [9.17, 15) is 14.7 Å². The normalized spacial score (nSPS) is 18.4. The van der Waals surface area contributed by atoms with E-state index in [-0.39, 0.29) is 17.4 Å². The van der Waals surface area contributed by atoms with Crippen LogP contribution in [-0.4, -0.2) is 45.9 Å². The molecule has 7 heteroatoms. The number of hydrogen-bond acceptors (Lipinski definition) is 5. The molecule has 1 aliphatic heterocycles. The lowest BCUT2D eigenvalue weighted by Crippen LogP contribution is -2.31. The second-order valence-electron chi connectivity index (χ2n) is 7.48. The molecule has 1 atom stereocenters. The SMILES string of the molecule is Cc1cc(/C(O)=C2/C(=O)C(=O)N(CCCOC(C)C)C2c2ccccn2)ccc1Br. The van der Waals surface area contributed by atoms with E-state index in [4.69, 9.17) is 4.74 Å². The van der Waals surface area contributed by atoms with Gasteiger partial charge in [-0.3, -0.25) is 14.6 Å². The third-order valence-electron chi connectivity index (χ3n) is 4.93. The van der Waals surface area contributed by atoms with Gasteiger partial charge in [0.25, 0.3) is 11.7 Å². The van der Waals surface area contributed by atoms with Crippen molar-refractivity contribution in [2.75, 3.05) is 13.2 Å². The second kappa shape index (κ2) is 9.53. The first-order valence-electron chi connectivity index (χ1n) is 9.88. The maximum Gasteiger partial charge on any atom is 0.295 e. The van der Waals surface area contributed by atoms with Crippen molar-refractivity contribution in [2.45, 2.75) is 39.3 Å². The van der Waals surface area contributed by atoms with E-state index in [1.165, 1.54) is 4.90 Å². The van der Waals surface area contributed by atoms with E-state index in [0.29, 0.717) is 30.8 Å². The molecule has 0 spiro atoms. The highest BCUT2D eigenvalue weighted by atomic mass is 79.9. The van der Waals surface area contributed by atoms with Crippen LogP contribution in [0.5, 0.6) is 0 Å². The molecule has 6 nitrogen and oxygen atoms in total. The minimum absolute atomic E-state index is 0.0604. The number of rotatable bonds is 7. The summed E-state index contributed by atoms with van der Waals surface area (Å²) in [6.07, 6.45) is 2.28. The van der Waals surface area contributed by atoms with Crippen LogP contribution >= 0.6 is 15.9 Å². The summed E-state index contributed by atoms with van der Waals surface area (Å²) in [5, 5.41) is 11.0. The van der Waals surface area contributed by atoms with E-state index in [1.54, 1.807) is 42.6 Å². The number of carbonyl (C=O) groups is 2. The van der Waals surface area contributed by atoms with Crippen LogP contribution in [0.15, 0.2) is 52.6 Å². The van der Waals surface area contributed by atoms with Crippen molar-refractivity contribution in [1.82, 2.24) is 9.88 Å². The third kappa shape index (κ3) is 4.63. The van der Waals surface area contributed by atoms with Crippen LogP contribution in [0.1, 0.15) is 43.1 Å². The molecular weight excluding hydrogens is 448 g/mol. The molecule has 1 amide bonds. The van der Waals surface area contributed by atoms with Gasteiger partial charge in [0.15, 0.2) is 0 Å². The van der Waals surface area contributed by atoms with Crippen molar-refractivity contribution >= 4 is 33.4 Å². The molecule has 3 rings (SSSR count). The Labute approximate surface area is 184 Å². The van der Waals surface area contributed by atoms with Crippen LogP contribution in [0.3, 0.4) is 0 Å². The molecule has 0 bridgehead atoms. The van der Waals surface area contributed by atoms with Gasteiger partial charge in [0, 0.05) is 29.4 Å². The van der Waals surface area contributed by atoms with Crippen molar-refractivity contribution in [3.8, 4) is 0 Å². The van der Waals surface area contributed by atoms with Crippen LogP contribution in [0.4, 0.5) is 0 Å². The first-order chi connectivity index (χ1) is 14.3. The summed E-state index contributed by atoms with van der Waals surface area (Å²) in [6, 6.07) is 9.88. The summed E-state index contributed by atoms with van der Waals surface area (Å²) in [7, 11) is 0. The fourth-order valence-corrected chi connectivity index (χ4v) is 3.70. The number of hydrogen-bond donors (Lipinski definition) is 1. The molecule has 1 N–H and O–H groups in total. The van der Waals surface area contributed by atoms with Gasteiger partial charge in [0.05, 0.1) is 17.4 Å². The number of ketones is 1. The summed E-state index contributed by atoms with van der Waals surface area (Å²) < 4.78 is 6.46.